The predicted octanol–water partition coefficient (Wildman–Crippen LogP) is 1.63. The Balaban J connectivity index is 2.05. The molecular weight excluding hydrogens is 224 g/mol. The third-order valence-corrected chi connectivity index (χ3v) is 3.79. The first kappa shape index (κ1) is 13.3. The number of likely N-dealkylation sites (tertiary alicyclic amines) is 1. The van der Waals surface area contributed by atoms with Crippen molar-refractivity contribution < 1.29 is 0 Å². The Morgan fingerprint density at radius 2 is 2.28 bits per heavy atom. The smallest absolute Gasteiger partial charge is 0.0569 e. The molecule has 2 rings (SSSR count). The summed E-state index contributed by atoms with van der Waals surface area (Å²) in [7, 11) is 4.35. The number of anilines is 1. The molecule has 2 heterocycles. The van der Waals surface area contributed by atoms with E-state index in [9.17, 15) is 0 Å². The number of pyridine rings is 1. The highest BCUT2D eigenvalue weighted by atomic mass is 15.2. The zero-order chi connectivity index (χ0) is 13.1. The van der Waals surface area contributed by atoms with Crippen LogP contribution >= 0.6 is 0 Å². The van der Waals surface area contributed by atoms with Crippen LogP contribution in [0.1, 0.15) is 31.5 Å². The fourth-order valence-electron chi connectivity index (χ4n) is 2.54. The second-order valence-electron chi connectivity index (χ2n) is 5.40. The van der Waals surface area contributed by atoms with Gasteiger partial charge in [-0.15, -0.1) is 0 Å². The summed E-state index contributed by atoms with van der Waals surface area (Å²) >= 11 is 0. The Bertz CT molecular complexity index is 374. The van der Waals surface area contributed by atoms with Gasteiger partial charge in [-0.1, -0.05) is 0 Å². The van der Waals surface area contributed by atoms with E-state index in [-0.39, 0.29) is 6.04 Å². The summed E-state index contributed by atoms with van der Waals surface area (Å²) in [4.78, 5) is 9.17. The molecule has 100 valence electrons. The van der Waals surface area contributed by atoms with E-state index in [2.05, 4.69) is 34.9 Å². The van der Waals surface area contributed by atoms with Gasteiger partial charge in [0.2, 0.25) is 0 Å². The third kappa shape index (κ3) is 3.00. The van der Waals surface area contributed by atoms with Crippen LogP contribution in [0.2, 0.25) is 0 Å². The summed E-state index contributed by atoms with van der Waals surface area (Å²) in [5, 5.41) is 0. The van der Waals surface area contributed by atoms with Crippen molar-refractivity contribution in [2.45, 2.75) is 31.8 Å². The molecule has 1 saturated heterocycles. The Morgan fingerprint density at radius 3 is 2.83 bits per heavy atom. The zero-order valence-corrected chi connectivity index (χ0v) is 11.6. The molecule has 1 aliphatic rings. The number of likely N-dealkylation sites (N-methyl/N-ethyl adjacent to an activating group) is 2. The summed E-state index contributed by atoms with van der Waals surface area (Å²) in [6.07, 6.45) is 4.47. The molecule has 1 unspecified atom stereocenters. The normalized spacial score (nSPS) is 22.8. The number of rotatable bonds is 3. The number of aromatic nitrogens is 1. The van der Waals surface area contributed by atoms with Crippen LogP contribution in [0.5, 0.6) is 0 Å². The first-order valence-corrected chi connectivity index (χ1v) is 6.71. The number of nitrogens with two attached hydrogens (primary N) is 1. The maximum atomic E-state index is 5.82. The van der Waals surface area contributed by atoms with E-state index in [1.54, 1.807) is 0 Å². The lowest BCUT2D eigenvalue weighted by molar-refractivity contribution is 0.248. The summed E-state index contributed by atoms with van der Waals surface area (Å²) in [6.45, 7) is 4.31. The van der Waals surface area contributed by atoms with Crippen molar-refractivity contribution in [2.75, 3.05) is 32.1 Å². The van der Waals surface area contributed by atoms with Gasteiger partial charge in [0.05, 0.1) is 17.6 Å². The van der Waals surface area contributed by atoms with Crippen molar-refractivity contribution in [1.82, 2.24) is 9.88 Å². The van der Waals surface area contributed by atoms with Gasteiger partial charge in [-0.3, -0.25) is 4.98 Å². The fraction of sp³-hybridized carbons (Fsp3) is 0.643. The van der Waals surface area contributed by atoms with Gasteiger partial charge in [0.25, 0.3) is 0 Å². The van der Waals surface area contributed by atoms with Crippen molar-refractivity contribution in [3.63, 3.8) is 0 Å². The first-order valence-electron chi connectivity index (χ1n) is 6.71. The molecule has 0 spiro atoms. The molecule has 0 radical (unpaired) electrons. The highest BCUT2D eigenvalue weighted by molar-refractivity contribution is 5.45. The summed E-state index contributed by atoms with van der Waals surface area (Å²) in [5.41, 5.74) is 7.95. The van der Waals surface area contributed by atoms with Gasteiger partial charge in [-0.05, 0) is 45.5 Å². The molecule has 0 bridgehead atoms. The molecule has 4 heteroatoms. The molecule has 1 aromatic heterocycles. The SMILES string of the molecule is C[C@@H](N)c1ccc(N(C)C2CCCN(C)C2)cn1. The van der Waals surface area contributed by atoms with Crippen molar-refractivity contribution in [3.05, 3.63) is 24.0 Å². The van der Waals surface area contributed by atoms with Crippen molar-refractivity contribution in [2.24, 2.45) is 5.73 Å². The van der Waals surface area contributed by atoms with Crippen LogP contribution in [0.15, 0.2) is 18.3 Å². The van der Waals surface area contributed by atoms with Gasteiger partial charge in [0.1, 0.15) is 0 Å². The molecule has 2 atom stereocenters. The average molecular weight is 248 g/mol. The molecular formula is C14H24N4. The number of hydrogen-bond donors (Lipinski definition) is 1. The van der Waals surface area contributed by atoms with Gasteiger partial charge >= 0.3 is 0 Å². The van der Waals surface area contributed by atoms with Crippen molar-refractivity contribution in [1.29, 1.82) is 0 Å². The number of piperidine rings is 1. The van der Waals surface area contributed by atoms with E-state index in [1.807, 2.05) is 19.2 Å². The Kier molecular flexibility index (Phi) is 4.19. The predicted molar refractivity (Wildman–Crippen MR) is 75.8 cm³/mol. The monoisotopic (exact) mass is 248 g/mol. The largest absolute Gasteiger partial charge is 0.369 e. The summed E-state index contributed by atoms with van der Waals surface area (Å²) < 4.78 is 0. The van der Waals surface area contributed by atoms with Gasteiger partial charge in [-0.2, -0.15) is 0 Å². The molecule has 4 nitrogen and oxygen atoms in total. The lowest BCUT2D eigenvalue weighted by atomic mass is 10.0. The van der Waals surface area contributed by atoms with Gasteiger partial charge in [0, 0.05) is 25.7 Å². The highest BCUT2D eigenvalue weighted by Gasteiger charge is 2.21. The minimum Gasteiger partial charge on any atom is -0.369 e. The van der Waals surface area contributed by atoms with E-state index >= 15 is 0 Å². The van der Waals surface area contributed by atoms with Crippen molar-refractivity contribution >= 4 is 5.69 Å². The molecule has 0 aromatic carbocycles. The lowest BCUT2D eigenvalue weighted by Crippen LogP contribution is -2.45. The van der Waals surface area contributed by atoms with E-state index in [0.29, 0.717) is 6.04 Å². The van der Waals surface area contributed by atoms with Crippen LogP contribution in [0.4, 0.5) is 5.69 Å². The first-order chi connectivity index (χ1) is 8.58. The quantitative estimate of drug-likeness (QED) is 0.883. The zero-order valence-electron chi connectivity index (χ0n) is 11.6. The number of hydrogen-bond acceptors (Lipinski definition) is 4. The molecule has 2 N–H and O–H groups in total. The van der Waals surface area contributed by atoms with E-state index < -0.39 is 0 Å². The van der Waals surface area contributed by atoms with Gasteiger partial charge in [0.15, 0.2) is 0 Å². The minimum absolute atomic E-state index is 0.00479. The maximum absolute atomic E-state index is 5.82. The van der Waals surface area contributed by atoms with Crippen LogP contribution in [0.25, 0.3) is 0 Å². The third-order valence-electron chi connectivity index (χ3n) is 3.79. The van der Waals surface area contributed by atoms with Crippen LogP contribution in [-0.2, 0) is 0 Å². The molecule has 1 aliphatic heterocycles. The lowest BCUT2D eigenvalue weighted by Gasteiger charge is -2.37. The van der Waals surface area contributed by atoms with E-state index in [4.69, 9.17) is 5.73 Å². The molecule has 0 saturated carbocycles. The molecule has 1 aromatic rings. The molecule has 1 fully saturated rings. The van der Waals surface area contributed by atoms with Gasteiger partial charge < -0.3 is 15.5 Å². The fourth-order valence-corrected chi connectivity index (χ4v) is 2.54. The van der Waals surface area contributed by atoms with Crippen LogP contribution in [0.3, 0.4) is 0 Å². The number of nitrogens with zero attached hydrogens (tertiary/aromatic N) is 3. The second-order valence-corrected chi connectivity index (χ2v) is 5.40. The Morgan fingerprint density at radius 1 is 1.50 bits per heavy atom. The maximum Gasteiger partial charge on any atom is 0.0569 e. The molecule has 0 aliphatic carbocycles. The van der Waals surface area contributed by atoms with Crippen molar-refractivity contribution in [3.8, 4) is 0 Å². The standard InChI is InChI=1S/C14H24N4/c1-11(15)14-7-6-12(9-16-14)18(3)13-5-4-8-17(2)10-13/h6-7,9,11,13H,4-5,8,10,15H2,1-3H3/t11-,13?/m1/s1. The summed E-state index contributed by atoms with van der Waals surface area (Å²) in [5.74, 6) is 0. The highest BCUT2D eigenvalue weighted by Crippen LogP contribution is 2.21. The Hall–Kier alpha value is -1.13. The van der Waals surface area contributed by atoms with E-state index in [1.165, 1.54) is 25.1 Å². The molecule has 18 heavy (non-hydrogen) atoms. The minimum atomic E-state index is 0.00479. The van der Waals surface area contributed by atoms with Crippen LogP contribution < -0.4 is 10.6 Å². The Labute approximate surface area is 110 Å². The topological polar surface area (TPSA) is 45.4 Å². The van der Waals surface area contributed by atoms with E-state index in [0.717, 1.165) is 12.2 Å². The average Bonchev–Trinajstić information content (AvgIpc) is 2.38. The van der Waals surface area contributed by atoms with Crippen LogP contribution in [0, 0.1) is 0 Å². The summed E-state index contributed by atoms with van der Waals surface area (Å²) in [6, 6.07) is 4.75. The molecule has 0 amide bonds. The van der Waals surface area contributed by atoms with Gasteiger partial charge in [-0.25, -0.2) is 0 Å². The second kappa shape index (κ2) is 5.67. The van der Waals surface area contributed by atoms with Crippen LogP contribution in [-0.4, -0.2) is 43.1 Å².